The van der Waals surface area contributed by atoms with Gasteiger partial charge in [0.1, 0.15) is 47.4 Å². The second kappa shape index (κ2) is 56.4. The van der Waals surface area contributed by atoms with Crippen molar-refractivity contribution in [3.63, 3.8) is 0 Å². The number of hydrogen-bond donors (Lipinski definition) is 4. The Morgan fingerprint density at radius 1 is 0.268 bits per heavy atom. The molecular weight excluding hydrogens is 1760 g/mol. The molecule has 0 aliphatic heterocycles. The third kappa shape index (κ3) is 33.7. The maximum absolute atomic E-state index is 13.3. The molecule has 0 aromatic heterocycles. The van der Waals surface area contributed by atoms with Crippen LogP contribution in [0.5, 0.6) is 23.0 Å². The number of nitrogens with zero attached hydrogens (tertiary/aromatic N) is 4. The topological polar surface area (TPSA) is 199 Å². The first-order valence-corrected chi connectivity index (χ1v) is 53.9. The largest absolute Gasteiger partial charge is 0.508 e. The highest BCUT2D eigenvalue weighted by Crippen LogP contribution is 2.45. The quantitative estimate of drug-likeness (QED) is 0.0209. The highest BCUT2D eigenvalue weighted by Gasteiger charge is 2.39. The Balaban J connectivity index is 0.000000211. The van der Waals surface area contributed by atoms with Crippen LogP contribution >= 0.6 is 0 Å². The summed E-state index contributed by atoms with van der Waals surface area (Å²) in [5.41, 5.74) is 10.6. The zero-order valence-electron chi connectivity index (χ0n) is 91.2. The number of benzene rings is 9. The molecule has 9 aromatic carbocycles. The Bertz CT molecular complexity index is 4840. The fourth-order valence-electron chi connectivity index (χ4n) is 22.5. The van der Waals surface area contributed by atoms with Gasteiger partial charge in [0, 0.05) is 94.3 Å². The molecular formula is C126H178N4O12. The van der Waals surface area contributed by atoms with E-state index >= 15 is 0 Å². The van der Waals surface area contributed by atoms with Gasteiger partial charge in [-0.3, -0.25) is 19.6 Å². The molecule has 0 radical (unpaired) electrons. The van der Waals surface area contributed by atoms with Crippen LogP contribution in [0.3, 0.4) is 0 Å². The van der Waals surface area contributed by atoms with Crippen LogP contribution in [0.4, 0.5) is 0 Å². The van der Waals surface area contributed by atoms with Crippen LogP contribution in [-0.4, -0.2) is 157 Å². The molecule has 16 nitrogen and oxygen atoms in total. The predicted molar refractivity (Wildman–Crippen MR) is 584 cm³/mol. The van der Waals surface area contributed by atoms with Crippen molar-refractivity contribution in [3.05, 3.63) is 297 Å². The second-order valence-electron chi connectivity index (χ2n) is 44.6. The zero-order chi connectivity index (χ0) is 104. The summed E-state index contributed by atoms with van der Waals surface area (Å²) in [6, 6.07) is 75.0. The number of ether oxygens (including phenoxy) is 4. The SMILES string of the molecule is CC(C)N(CC[C@H](c1ccccc1)c1cc(C(=O)O[C@@H](C)c2ccccc2)ccc1O)C(C)C.CC(C)[C@@H]1CC[C@@H](C)C[C@H]1OC(=O)c1ccc(O)c([C@@H](CCN(C(C)C)C(C)C)c2ccccc2)c1.CC(C)[C@@H]1CC[C@@H](C)C[C@H]1OC(=O)c1ccc(O)c([C@H](CCN(C(C)C)C(C)C)c2ccccc2)c1.CC(C)[C@H]1CC[C@H](C)C[C@@H]1OC(=O)c1ccc(O)c([C@H](CCN(C(C)C)C(C)C)c2ccccc2)c1. The molecule has 16 heteroatoms. The summed E-state index contributed by atoms with van der Waals surface area (Å²) in [6.45, 7) is 61.1. The smallest absolute Gasteiger partial charge is 0.338 e. The summed E-state index contributed by atoms with van der Waals surface area (Å²) in [6.07, 6.45) is 12.6. The fraction of sp³-hybridized carbons (Fsp3) is 0.540. The lowest BCUT2D eigenvalue weighted by atomic mass is 9.75. The summed E-state index contributed by atoms with van der Waals surface area (Å²) >= 11 is 0. The van der Waals surface area contributed by atoms with E-state index in [0.29, 0.717) is 124 Å². The van der Waals surface area contributed by atoms with E-state index in [9.17, 15) is 39.6 Å². The van der Waals surface area contributed by atoms with Crippen molar-refractivity contribution in [2.24, 2.45) is 53.3 Å². The molecule has 0 amide bonds. The summed E-state index contributed by atoms with van der Waals surface area (Å²) in [5, 5.41) is 43.6. The Morgan fingerprint density at radius 3 is 0.662 bits per heavy atom. The summed E-state index contributed by atoms with van der Waals surface area (Å²) in [4.78, 5) is 62.9. The van der Waals surface area contributed by atoms with Crippen LogP contribution in [-0.2, 0) is 18.9 Å². The average Bonchev–Trinajstić information content (AvgIpc) is 0.808. The Hall–Kier alpha value is -10.1. The lowest BCUT2D eigenvalue weighted by Crippen LogP contribution is -2.38. The molecule has 142 heavy (non-hydrogen) atoms. The van der Waals surface area contributed by atoms with Gasteiger partial charge in [-0.2, -0.15) is 0 Å². The maximum atomic E-state index is 13.3. The van der Waals surface area contributed by atoms with Crippen LogP contribution in [0.15, 0.2) is 224 Å². The summed E-state index contributed by atoms with van der Waals surface area (Å²) < 4.78 is 24.1. The molecule has 0 heterocycles. The van der Waals surface area contributed by atoms with Gasteiger partial charge in [-0.05, 0) is 362 Å². The van der Waals surface area contributed by atoms with Crippen molar-refractivity contribution < 1.29 is 58.6 Å². The molecule has 774 valence electrons. The zero-order valence-corrected chi connectivity index (χ0v) is 91.2. The number of carbonyl (C=O) groups excluding carboxylic acids is 4. The van der Waals surface area contributed by atoms with Gasteiger partial charge < -0.3 is 39.4 Å². The van der Waals surface area contributed by atoms with Gasteiger partial charge in [0.25, 0.3) is 0 Å². The third-order valence-corrected chi connectivity index (χ3v) is 30.6. The van der Waals surface area contributed by atoms with Gasteiger partial charge in [0.05, 0.1) is 22.3 Å². The van der Waals surface area contributed by atoms with Crippen LogP contribution in [0.2, 0.25) is 0 Å². The predicted octanol–water partition coefficient (Wildman–Crippen LogP) is 29.9. The minimum Gasteiger partial charge on any atom is -0.508 e. The molecule has 3 saturated carbocycles. The van der Waals surface area contributed by atoms with Gasteiger partial charge in [-0.1, -0.05) is 233 Å². The van der Waals surface area contributed by atoms with E-state index < -0.39 is 5.97 Å². The molecule has 0 bridgehead atoms. The minimum atomic E-state index is -0.393. The van der Waals surface area contributed by atoms with Gasteiger partial charge in [-0.15, -0.1) is 0 Å². The van der Waals surface area contributed by atoms with E-state index in [0.717, 1.165) is 140 Å². The van der Waals surface area contributed by atoms with E-state index in [1.165, 1.54) is 19.3 Å². The van der Waals surface area contributed by atoms with Crippen molar-refractivity contribution in [2.45, 2.75) is 360 Å². The van der Waals surface area contributed by atoms with Crippen molar-refractivity contribution in [3.8, 4) is 23.0 Å². The van der Waals surface area contributed by atoms with E-state index in [2.05, 4.69) is 241 Å². The molecule has 0 unspecified atom stereocenters. The number of hydrogen-bond acceptors (Lipinski definition) is 16. The van der Waals surface area contributed by atoms with Crippen molar-refractivity contribution in [2.75, 3.05) is 26.2 Å². The molecule has 14 atom stereocenters. The third-order valence-electron chi connectivity index (χ3n) is 30.6. The molecule has 0 spiro atoms. The highest BCUT2D eigenvalue weighted by atomic mass is 16.6. The van der Waals surface area contributed by atoms with E-state index in [4.69, 9.17) is 18.9 Å². The number of esters is 4. The first-order chi connectivity index (χ1) is 67.5. The maximum Gasteiger partial charge on any atom is 0.338 e. The van der Waals surface area contributed by atoms with Crippen LogP contribution in [0.25, 0.3) is 0 Å². The molecule has 3 aliphatic carbocycles. The molecule has 3 fully saturated rings. The molecule has 4 N–H and O–H groups in total. The number of aromatic hydroxyl groups is 4. The van der Waals surface area contributed by atoms with Crippen molar-refractivity contribution in [1.82, 2.24) is 19.6 Å². The Kier molecular flexibility index (Phi) is 45.9. The van der Waals surface area contributed by atoms with Crippen LogP contribution in [0.1, 0.15) is 385 Å². The number of carbonyl (C=O) groups is 4. The second-order valence-corrected chi connectivity index (χ2v) is 44.6. The normalized spacial score (nSPS) is 19.4. The van der Waals surface area contributed by atoms with Gasteiger partial charge in [-0.25, -0.2) is 19.2 Å². The van der Waals surface area contributed by atoms with Crippen molar-refractivity contribution >= 4 is 23.9 Å². The lowest BCUT2D eigenvalue weighted by molar-refractivity contribution is -0.0181. The first-order valence-electron chi connectivity index (χ1n) is 53.9. The first kappa shape index (κ1) is 115. The monoisotopic (exact) mass is 1940 g/mol. The van der Waals surface area contributed by atoms with Gasteiger partial charge >= 0.3 is 23.9 Å². The van der Waals surface area contributed by atoms with Crippen molar-refractivity contribution in [1.29, 1.82) is 0 Å². The molecule has 0 saturated heterocycles. The number of phenols is 4. The fourth-order valence-corrected chi connectivity index (χ4v) is 22.5. The average molecular weight is 1940 g/mol. The number of rotatable bonds is 40. The molecule has 3 aliphatic rings. The highest BCUT2D eigenvalue weighted by molar-refractivity contribution is 5.92. The Labute approximate surface area is 855 Å². The summed E-state index contributed by atoms with van der Waals surface area (Å²) in [5.74, 6) is 3.92. The molecule has 9 aromatic rings. The van der Waals surface area contributed by atoms with E-state index in [1.807, 2.05) is 128 Å². The van der Waals surface area contributed by atoms with Crippen LogP contribution < -0.4 is 0 Å². The standard InChI is InChI=1S/3C32H47NO3.C30H37NO3/c3*1-21(2)27-15-13-24(7)19-31(27)36-32(35)26-14-16-30(34)29(20-26)28(25-11-9-8-10-12-25)17-18-33(22(3)4)23(5)6;1-21(2)31(22(3)4)19-18-27(25-14-10-7-11-15-25)28-20-26(16-17-29(28)32)30(33)34-23(5)24-12-8-6-9-13-24/h3*8-12,14,16,20-24,27-28,31,34H,13,15,17-19H2,1-7H3;6-17,20-23,27,32H,18-19H2,1-5H3/t2*24-,27+,28+,31-;24-,27+,28-,31-;23-,27+/m1010/s1. The van der Waals surface area contributed by atoms with E-state index in [-0.39, 0.29) is 89.0 Å². The van der Waals surface area contributed by atoms with Crippen LogP contribution in [0, 0.1) is 53.3 Å². The minimum absolute atomic E-state index is 0.0166. The van der Waals surface area contributed by atoms with Gasteiger partial charge in [0.15, 0.2) is 0 Å². The number of phenolic OH excluding ortho intramolecular Hbond substituents is 4. The summed E-state index contributed by atoms with van der Waals surface area (Å²) in [7, 11) is 0. The van der Waals surface area contributed by atoms with E-state index in [1.54, 1.807) is 54.6 Å². The van der Waals surface area contributed by atoms with Gasteiger partial charge in [0.2, 0.25) is 0 Å². The lowest BCUT2D eigenvalue weighted by Gasteiger charge is -2.36. The molecule has 12 rings (SSSR count). The Morgan fingerprint density at radius 2 is 0.465 bits per heavy atom.